The minimum atomic E-state index is -0.903. The van der Waals surface area contributed by atoms with Crippen LogP contribution in [0.2, 0.25) is 0 Å². The second-order valence-electron chi connectivity index (χ2n) is 6.16. The van der Waals surface area contributed by atoms with E-state index in [0.717, 1.165) is 17.0 Å². The first-order valence-corrected chi connectivity index (χ1v) is 8.20. The van der Waals surface area contributed by atoms with E-state index in [4.69, 9.17) is 17.0 Å². The van der Waals surface area contributed by atoms with Crippen LogP contribution in [0.25, 0.3) is 0 Å². The van der Waals surface area contributed by atoms with Crippen LogP contribution >= 0.6 is 12.2 Å². The van der Waals surface area contributed by atoms with Gasteiger partial charge in [-0.1, -0.05) is 48.6 Å². The molecule has 2 aliphatic rings. The minimum absolute atomic E-state index is 0.236. The van der Waals surface area contributed by atoms with Gasteiger partial charge in [0.1, 0.15) is 5.75 Å². The van der Waals surface area contributed by atoms with Gasteiger partial charge in [-0.25, -0.2) is 4.79 Å². The Hall–Kier alpha value is -2.60. The molecule has 0 aromatic heterocycles. The van der Waals surface area contributed by atoms with Gasteiger partial charge in [0.25, 0.3) is 0 Å². The van der Waals surface area contributed by atoms with Gasteiger partial charge in [-0.3, -0.25) is 5.32 Å². The predicted octanol–water partition coefficient (Wildman–Crippen LogP) is 3.20. The van der Waals surface area contributed by atoms with E-state index in [1.165, 1.54) is 0 Å². The average molecular weight is 339 g/mol. The quantitative estimate of drug-likeness (QED) is 0.735. The summed E-state index contributed by atoms with van der Waals surface area (Å²) in [4.78, 5) is 12.7. The Morgan fingerprint density at radius 2 is 1.88 bits per heavy atom. The molecule has 2 aromatic rings. The highest BCUT2D eigenvalue weighted by Crippen LogP contribution is 2.45. The number of carbonyl (C=O) groups excluding carboxylic acids is 1. The molecule has 2 heterocycles. The van der Waals surface area contributed by atoms with Gasteiger partial charge in [0.2, 0.25) is 0 Å². The number of ether oxygens (including phenoxy) is 1. The Morgan fingerprint density at radius 1 is 1.17 bits per heavy atom. The van der Waals surface area contributed by atoms with Crippen molar-refractivity contribution in [1.29, 1.82) is 0 Å². The van der Waals surface area contributed by atoms with Crippen molar-refractivity contribution >= 4 is 28.9 Å². The van der Waals surface area contributed by atoms with Gasteiger partial charge in [0, 0.05) is 11.3 Å². The molecule has 24 heavy (non-hydrogen) atoms. The van der Waals surface area contributed by atoms with Gasteiger partial charge >= 0.3 is 6.03 Å². The third kappa shape index (κ3) is 2.39. The van der Waals surface area contributed by atoms with E-state index in [0.29, 0.717) is 4.99 Å². The van der Waals surface area contributed by atoms with Gasteiger partial charge in [-0.15, -0.1) is 0 Å². The van der Waals surface area contributed by atoms with Crippen molar-refractivity contribution in [1.82, 2.24) is 10.6 Å². The number of hydrogen-bond donors (Lipinski definition) is 3. The topological polar surface area (TPSA) is 62.4 Å². The van der Waals surface area contributed by atoms with Crippen molar-refractivity contribution in [3.05, 3.63) is 60.2 Å². The number of fused-ring (bicyclic) bond motifs is 4. The van der Waals surface area contributed by atoms with Crippen LogP contribution in [0, 0.1) is 5.92 Å². The number of urea groups is 1. The molecule has 0 unspecified atom stereocenters. The molecule has 3 N–H and O–H groups in total. The number of nitrogens with one attached hydrogen (secondary N) is 3. The second-order valence-corrected chi connectivity index (χ2v) is 6.60. The number of anilines is 1. The number of thiocarbonyl (C=S) groups is 1. The van der Waals surface area contributed by atoms with Crippen LogP contribution in [0.5, 0.6) is 5.75 Å². The monoisotopic (exact) mass is 339 g/mol. The normalized spacial score (nSPS) is 27.1. The van der Waals surface area contributed by atoms with Crippen molar-refractivity contribution in [2.24, 2.45) is 5.92 Å². The maximum atomic E-state index is 12.1. The van der Waals surface area contributed by atoms with Crippen molar-refractivity contribution in [2.45, 2.75) is 18.7 Å². The van der Waals surface area contributed by atoms with Crippen LogP contribution < -0.4 is 20.7 Å². The van der Waals surface area contributed by atoms with Crippen molar-refractivity contribution in [2.75, 3.05) is 5.32 Å². The Labute approximate surface area is 145 Å². The lowest BCUT2D eigenvalue weighted by Crippen LogP contribution is -2.70. The highest BCUT2D eigenvalue weighted by atomic mass is 32.1. The molecule has 122 valence electrons. The molecule has 0 aliphatic carbocycles. The number of hydrogen-bond acceptors (Lipinski definition) is 3. The number of carbonyl (C=O) groups is 1. The highest BCUT2D eigenvalue weighted by Gasteiger charge is 2.53. The Morgan fingerprint density at radius 3 is 2.67 bits per heavy atom. The van der Waals surface area contributed by atoms with E-state index in [1.54, 1.807) is 0 Å². The number of benzene rings is 2. The van der Waals surface area contributed by atoms with Crippen molar-refractivity contribution in [3.63, 3.8) is 0 Å². The molecule has 2 bridgehead atoms. The van der Waals surface area contributed by atoms with Crippen LogP contribution in [0.4, 0.5) is 10.5 Å². The molecule has 4 rings (SSSR count). The van der Waals surface area contributed by atoms with Crippen LogP contribution in [-0.2, 0) is 0 Å². The fourth-order valence-corrected chi connectivity index (χ4v) is 3.91. The zero-order valence-corrected chi connectivity index (χ0v) is 13.9. The molecular weight excluding hydrogens is 322 g/mol. The number of rotatable bonds is 2. The van der Waals surface area contributed by atoms with Gasteiger partial charge in [-0.2, -0.15) is 0 Å². The second kappa shape index (κ2) is 5.49. The van der Waals surface area contributed by atoms with E-state index in [9.17, 15) is 4.79 Å². The first-order chi connectivity index (χ1) is 11.6. The molecule has 0 saturated carbocycles. The van der Waals surface area contributed by atoms with Crippen LogP contribution in [0.3, 0.4) is 0 Å². The maximum Gasteiger partial charge on any atom is 0.318 e. The third-order valence-electron chi connectivity index (χ3n) is 4.47. The first-order valence-electron chi connectivity index (χ1n) is 7.79. The largest absolute Gasteiger partial charge is 0.467 e. The lowest BCUT2D eigenvalue weighted by atomic mass is 9.80. The average Bonchev–Trinajstić information content (AvgIpc) is 2.54. The zero-order valence-electron chi connectivity index (χ0n) is 13.1. The maximum absolute atomic E-state index is 12.1. The smallest absolute Gasteiger partial charge is 0.318 e. The fraction of sp³-hybridized carbons (Fsp3) is 0.222. The van der Waals surface area contributed by atoms with Gasteiger partial charge in [0.15, 0.2) is 5.72 Å². The van der Waals surface area contributed by atoms with Crippen LogP contribution in [0.15, 0.2) is 54.6 Å². The lowest BCUT2D eigenvalue weighted by molar-refractivity contribution is -0.0157. The summed E-state index contributed by atoms with van der Waals surface area (Å²) in [5.74, 6) is 0.525. The molecule has 3 atom stereocenters. The summed E-state index contributed by atoms with van der Waals surface area (Å²) in [6.07, 6.45) is 0. The summed E-state index contributed by atoms with van der Waals surface area (Å²) in [6, 6.07) is 17.0. The molecule has 5 nitrogen and oxygen atoms in total. The SMILES string of the molecule is C[C@@]12NC(=O)N[C@@H](c3ccccc3O1)[C@@H]2C(=S)Nc1ccccc1. The molecule has 2 amide bonds. The Balaban J connectivity index is 1.72. The predicted molar refractivity (Wildman–Crippen MR) is 96.0 cm³/mol. The Bertz CT molecular complexity index is 811. The summed E-state index contributed by atoms with van der Waals surface area (Å²) < 4.78 is 6.13. The van der Waals surface area contributed by atoms with Gasteiger partial charge < -0.3 is 15.4 Å². The third-order valence-corrected chi connectivity index (χ3v) is 4.83. The molecule has 2 aliphatic heterocycles. The molecular formula is C18H17N3O2S. The Kier molecular flexibility index (Phi) is 3.42. The lowest BCUT2D eigenvalue weighted by Gasteiger charge is -2.50. The van der Waals surface area contributed by atoms with E-state index < -0.39 is 5.72 Å². The minimum Gasteiger partial charge on any atom is -0.467 e. The zero-order chi connectivity index (χ0) is 16.7. The molecule has 0 radical (unpaired) electrons. The molecule has 6 heteroatoms. The first kappa shape index (κ1) is 15.0. The number of amides is 2. The van der Waals surface area contributed by atoms with Gasteiger partial charge in [-0.05, 0) is 25.1 Å². The summed E-state index contributed by atoms with van der Waals surface area (Å²) in [7, 11) is 0. The van der Waals surface area contributed by atoms with Gasteiger partial charge in [0.05, 0.1) is 16.9 Å². The van der Waals surface area contributed by atoms with Crippen LogP contribution in [-0.4, -0.2) is 16.7 Å². The molecule has 2 aromatic carbocycles. The molecule has 0 spiro atoms. The molecule has 1 fully saturated rings. The van der Waals surface area contributed by atoms with E-state index in [1.807, 2.05) is 61.5 Å². The van der Waals surface area contributed by atoms with E-state index >= 15 is 0 Å². The standard InChI is InChI=1S/C18H17N3O2S/c1-18-14(16(24)19-11-7-3-2-4-8-11)15(20-17(22)21-18)12-9-5-6-10-13(12)23-18/h2-10,14-15H,1H3,(H,19,24)(H2,20,21,22)/t14-,15+,18-/m1/s1. The van der Waals surface area contributed by atoms with E-state index in [2.05, 4.69) is 16.0 Å². The summed E-state index contributed by atoms with van der Waals surface area (Å²) in [6.45, 7) is 1.86. The number of para-hydroxylation sites is 2. The fourth-order valence-electron chi connectivity index (χ4n) is 3.43. The van der Waals surface area contributed by atoms with E-state index in [-0.39, 0.29) is 18.0 Å². The van der Waals surface area contributed by atoms with Crippen LogP contribution in [0.1, 0.15) is 18.5 Å². The summed E-state index contributed by atoms with van der Waals surface area (Å²) >= 11 is 5.67. The summed E-state index contributed by atoms with van der Waals surface area (Å²) in [5.41, 5.74) is 0.946. The molecule has 1 saturated heterocycles. The highest BCUT2D eigenvalue weighted by molar-refractivity contribution is 7.80. The van der Waals surface area contributed by atoms with Crippen molar-refractivity contribution in [3.8, 4) is 5.75 Å². The van der Waals surface area contributed by atoms with Crippen molar-refractivity contribution < 1.29 is 9.53 Å². The summed E-state index contributed by atoms with van der Waals surface area (Å²) in [5, 5.41) is 9.14.